The van der Waals surface area contributed by atoms with E-state index in [9.17, 15) is 5.26 Å². The summed E-state index contributed by atoms with van der Waals surface area (Å²) >= 11 is 0. The molecule has 0 bridgehead atoms. The number of hydrogen-bond acceptors (Lipinski definition) is 5. The lowest BCUT2D eigenvalue weighted by atomic mass is 10.1. The van der Waals surface area contributed by atoms with Gasteiger partial charge in [-0.25, -0.2) is 9.97 Å². The molecule has 0 radical (unpaired) electrons. The molecule has 0 amide bonds. The molecule has 1 heterocycles. The lowest BCUT2D eigenvalue weighted by Gasteiger charge is -2.22. The zero-order valence-electron chi connectivity index (χ0n) is 12.6. The van der Waals surface area contributed by atoms with Crippen LogP contribution in [0.4, 0.5) is 17.3 Å². The van der Waals surface area contributed by atoms with Gasteiger partial charge in [-0.2, -0.15) is 5.26 Å². The van der Waals surface area contributed by atoms with Crippen LogP contribution in [0.3, 0.4) is 0 Å². The van der Waals surface area contributed by atoms with Crippen LogP contribution in [0.2, 0.25) is 0 Å². The Morgan fingerprint density at radius 1 is 1.29 bits per heavy atom. The average Bonchev–Trinajstić information content (AvgIpc) is 2.53. The van der Waals surface area contributed by atoms with Crippen LogP contribution in [-0.2, 0) is 0 Å². The molecule has 2 aromatic rings. The summed E-state index contributed by atoms with van der Waals surface area (Å²) < 4.78 is 0. The second-order valence-corrected chi connectivity index (χ2v) is 4.79. The van der Waals surface area contributed by atoms with Crippen LogP contribution in [0.15, 0.2) is 30.6 Å². The molecule has 21 heavy (non-hydrogen) atoms. The standard InChI is InChI=1S/C16H19N5/c1-4-9-18-15-12(2)16(20-11-19-15)21(3)14-8-6-5-7-13(14)10-17/h5-8,11H,4,9H2,1-3H3,(H,18,19,20). The third-order valence-corrected chi connectivity index (χ3v) is 3.30. The van der Waals surface area contributed by atoms with Crippen molar-refractivity contribution >= 4 is 17.3 Å². The fourth-order valence-electron chi connectivity index (χ4n) is 2.18. The quantitative estimate of drug-likeness (QED) is 0.911. The Morgan fingerprint density at radius 3 is 2.76 bits per heavy atom. The van der Waals surface area contributed by atoms with Crippen LogP contribution in [0.1, 0.15) is 24.5 Å². The van der Waals surface area contributed by atoms with E-state index in [2.05, 4.69) is 28.3 Å². The van der Waals surface area contributed by atoms with E-state index in [1.807, 2.05) is 37.1 Å². The molecule has 0 saturated carbocycles. The van der Waals surface area contributed by atoms with E-state index in [1.165, 1.54) is 0 Å². The number of rotatable bonds is 5. The number of anilines is 3. The zero-order valence-corrected chi connectivity index (χ0v) is 12.6. The van der Waals surface area contributed by atoms with Crippen molar-refractivity contribution in [1.29, 1.82) is 5.26 Å². The Kier molecular flexibility index (Phi) is 4.72. The fraction of sp³-hybridized carbons (Fsp3) is 0.312. The third-order valence-electron chi connectivity index (χ3n) is 3.30. The molecule has 0 aliphatic rings. The molecule has 0 fully saturated rings. The van der Waals surface area contributed by atoms with E-state index in [1.54, 1.807) is 12.4 Å². The van der Waals surface area contributed by atoms with Crippen molar-refractivity contribution in [2.45, 2.75) is 20.3 Å². The number of nitriles is 1. The molecule has 5 nitrogen and oxygen atoms in total. The lowest BCUT2D eigenvalue weighted by molar-refractivity contribution is 0.954. The number of benzene rings is 1. The molecule has 0 unspecified atom stereocenters. The first kappa shape index (κ1) is 14.8. The summed E-state index contributed by atoms with van der Waals surface area (Å²) in [5.41, 5.74) is 2.44. The van der Waals surface area contributed by atoms with E-state index in [-0.39, 0.29) is 0 Å². The first-order valence-corrected chi connectivity index (χ1v) is 6.97. The maximum Gasteiger partial charge on any atom is 0.141 e. The van der Waals surface area contributed by atoms with Crippen molar-refractivity contribution in [3.05, 3.63) is 41.7 Å². The summed E-state index contributed by atoms with van der Waals surface area (Å²) in [4.78, 5) is 10.6. The molecule has 1 N–H and O–H groups in total. The van der Waals surface area contributed by atoms with Crippen LogP contribution in [-0.4, -0.2) is 23.6 Å². The zero-order chi connectivity index (χ0) is 15.2. The van der Waals surface area contributed by atoms with Gasteiger partial charge in [0.2, 0.25) is 0 Å². The summed E-state index contributed by atoms with van der Waals surface area (Å²) in [6.45, 7) is 4.97. The first-order valence-electron chi connectivity index (χ1n) is 6.97. The van der Waals surface area contributed by atoms with Gasteiger partial charge in [0.25, 0.3) is 0 Å². The van der Waals surface area contributed by atoms with Crippen LogP contribution in [0.25, 0.3) is 0 Å². The normalized spacial score (nSPS) is 10.0. The van der Waals surface area contributed by atoms with Gasteiger partial charge < -0.3 is 10.2 Å². The molecule has 0 spiro atoms. The van der Waals surface area contributed by atoms with E-state index in [0.717, 1.165) is 35.9 Å². The number of hydrogen-bond donors (Lipinski definition) is 1. The smallest absolute Gasteiger partial charge is 0.141 e. The van der Waals surface area contributed by atoms with Crippen molar-refractivity contribution in [2.24, 2.45) is 0 Å². The minimum Gasteiger partial charge on any atom is -0.370 e. The van der Waals surface area contributed by atoms with Crippen molar-refractivity contribution < 1.29 is 0 Å². The second-order valence-electron chi connectivity index (χ2n) is 4.79. The number of para-hydroxylation sites is 1. The van der Waals surface area contributed by atoms with Crippen molar-refractivity contribution in [3.63, 3.8) is 0 Å². The third kappa shape index (κ3) is 3.11. The molecule has 2 rings (SSSR count). The van der Waals surface area contributed by atoms with Gasteiger partial charge in [-0.15, -0.1) is 0 Å². The Hall–Kier alpha value is -2.61. The molecule has 0 aliphatic heterocycles. The molecular weight excluding hydrogens is 262 g/mol. The highest BCUT2D eigenvalue weighted by Crippen LogP contribution is 2.29. The summed E-state index contributed by atoms with van der Waals surface area (Å²) in [7, 11) is 1.91. The van der Waals surface area contributed by atoms with Crippen LogP contribution < -0.4 is 10.2 Å². The lowest BCUT2D eigenvalue weighted by Crippen LogP contribution is -2.16. The fourth-order valence-corrected chi connectivity index (χ4v) is 2.18. The van der Waals surface area contributed by atoms with Gasteiger partial charge in [0.05, 0.1) is 11.3 Å². The van der Waals surface area contributed by atoms with Gasteiger partial charge in [-0.1, -0.05) is 19.1 Å². The van der Waals surface area contributed by atoms with Crippen LogP contribution in [0.5, 0.6) is 0 Å². The van der Waals surface area contributed by atoms with Crippen molar-refractivity contribution in [2.75, 3.05) is 23.8 Å². The average molecular weight is 281 g/mol. The van der Waals surface area contributed by atoms with Gasteiger partial charge >= 0.3 is 0 Å². The number of nitrogens with one attached hydrogen (secondary N) is 1. The summed E-state index contributed by atoms with van der Waals surface area (Å²) in [6, 6.07) is 9.71. The SMILES string of the molecule is CCCNc1ncnc(N(C)c2ccccc2C#N)c1C. The summed E-state index contributed by atoms with van der Waals surface area (Å²) in [5, 5.41) is 12.5. The molecule has 0 aliphatic carbocycles. The first-order chi connectivity index (χ1) is 10.2. The topological polar surface area (TPSA) is 64.8 Å². The molecule has 0 saturated heterocycles. The van der Waals surface area contributed by atoms with Crippen molar-refractivity contribution in [1.82, 2.24) is 9.97 Å². The monoisotopic (exact) mass is 281 g/mol. The molecule has 5 heteroatoms. The summed E-state index contributed by atoms with van der Waals surface area (Å²) in [5.74, 6) is 1.63. The summed E-state index contributed by atoms with van der Waals surface area (Å²) in [6.07, 6.45) is 2.58. The molecule has 108 valence electrons. The van der Waals surface area contributed by atoms with Crippen LogP contribution >= 0.6 is 0 Å². The maximum atomic E-state index is 9.23. The van der Waals surface area contributed by atoms with Crippen LogP contribution in [0, 0.1) is 18.3 Å². The highest BCUT2D eigenvalue weighted by Gasteiger charge is 2.14. The van der Waals surface area contributed by atoms with Gasteiger partial charge in [0.1, 0.15) is 24.0 Å². The van der Waals surface area contributed by atoms with E-state index in [0.29, 0.717) is 5.56 Å². The molecule has 1 aromatic heterocycles. The molecule has 1 aromatic carbocycles. The van der Waals surface area contributed by atoms with E-state index >= 15 is 0 Å². The van der Waals surface area contributed by atoms with E-state index in [4.69, 9.17) is 0 Å². The minimum atomic E-state index is 0.626. The Balaban J connectivity index is 2.40. The maximum absolute atomic E-state index is 9.23. The van der Waals surface area contributed by atoms with E-state index < -0.39 is 0 Å². The molecular formula is C16H19N5. The second kappa shape index (κ2) is 6.71. The Bertz CT molecular complexity index is 660. The van der Waals surface area contributed by atoms with Gasteiger partial charge in [-0.3, -0.25) is 0 Å². The number of nitrogens with zero attached hydrogens (tertiary/aromatic N) is 4. The Morgan fingerprint density at radius 2 is 2.05 bits per heavy atom. The molecule has 0 atom stereocenters. The Labute approximate surface area is 125 Å². The number of aromatic nitrogens is 2. The minimum absolute atomic E-state index is 0.626. The van der Waals surface area contributed by atoms with Crippen molar-refractivity contribution in [3.8, 4) is 6.07 Å². The predicted molar refractivity (Wildman–Crippen MR) is 84.8 cm³/mol. The highest BCUT2D eigenvalue weighted by molar-refractivity contribution is 5.70. The van der Waals surface area contributed by atoms with Gasteiger partial charge in [-0.05, 0) is 25.5 Å². The predicted octanol–water partition coefficient (Wildman–Crippen LogP) is 3.25. The highest BCUT2D eigenvalue weighted by atomic mass is 15.2. The largest absolute Gasteiger partial charge is 0.370 e. The van der Waals surface area contributed by atoms with Gasteiger partial charge in [0, 0.05) is 19.2 Å². The van der Waals surface area contributed by atoms with Gasteiger partial charge in [0.15, 0.2) is 0 Å².